The van der Waals surface area contributed by atoms with Crippen molar-refractivity contribution >= 4 is 39.2 Å². The molecule has 0 radical (unpaired) electrons. The van der Waals surface area contributed by atoms with Gasteiger partial charge in [-0.15, -0.1) is 0 Å². The number of nitriles is 1. The van der Waals surface area contributed by atoms with Crippen molar-refractivity contribution < 1.29 is 0 Å². The monoisotopic (exact) mass is 297 g/mol. The second-order valence-electron chi connectivity index (χ2n) is 2.53. The predicted molar refractivity (Wildman–Crippen MR) is 62.9 cm³/mol. The van der Waals surface area contributed by atoms with Crippen LogP contribution in [0.5, 0.6) is 0 Å². The molecule has 0 atom stereocenters. The Bertz CT molecular complexity index is 505. The van der Waals surface area contributed by atoms with Gasteiger partial charge in [0.1, 0.15) is 12.4 Å². The Morgan fingerprint density at radius 3 is 3.00 bits per heavy atom. The fourth-order valence-electron chi connectivity index (χ4n) is 1.000. The molecule has 1 heterocycles. The second kappa shape index (κ2) is 4.75. The molecule has 0 aliphatic rings. The molecular weight excluding hydrogens is 294 g/mol. The maximum absolute atomic E-state index is 9.00. The summed E-state index contributed by atoms with van der Waals surface area (Å²) in [5.41, 5.74) is 0.637. The first kappa shape index (κ1) is 10.6. The maximum atomic E-state index is 9.00. The summed E-state index contributed by atoms with van der Waals surface area (Å²) in [7, 11) is 0. The summed E-state index contributed by atoms with van der Waals surface area (Å²) in [6.07, 6.45) is 1.51. The van der Waals surface area contributed by atoms with Crippen LogP contribution >= 0.6 is 39.2 Å². The Balaban J connectivity index is 2.37. The summed E-state index contributed by atoms with van der Waals surface area (Å²) >= 11 is 6.11. The summed E-state index contributed by atoms with van der Waals surface area (Å²) in [6, 6.07) is 7.81. The summed E-state index contributed by atoms with van der Waals surface area (Å²) in [5.74, 6) is 0. The SMILES string of the molecule is N#Cc1c(Br)cccc1Sc1ncns1. The van der Waals surface area contributed by atoms with Crippen LogP contribution in [0.3, 0.4) is 0 Å². The number of rotatable bonds is 2. The minimum absolute atomic E-state index is 0.637. The van der Waals surface area contributed by atoms with E-state index in [9.17, 15) is 0 Å². The summed E-state index contributed by atoms with van der Waals surface area (Å²) in [4.78, 5) is 4.95. The summed E-state index contributed by atoms with van der Waals surface area (Å²) in [6.45, 7) is 0. The zero-order chi connectivity index (χ0) is 10.7. The molecule has 0 bridgehead atoms. The minimum Gasteiger partial charge on any atom is -0.216 e. The molecule has 0 aliphatic carbocycles. The molecule has 0 saturated heterocycles. The smallest absolute Gasteiger partial charge is 0.174 e. The van der Waals surface area contributed by atoms with E-state index in [2.05, 4.69) is 31.4 Å². The normalized spacial score (nSPS) is 9.87. The lowest BCUT2D eigenvalue weighted by atomic mass is 10.2. The van der Waals surface area contributed by atoms with Crippen LogP contribution in [0.25, 0.3) is 0 Å². The Morgan fingerprint density at radius 1 is 1.47 bits per heavy atom. The van der Waals surface area contributed by atoms with Gasteiger partial charge in [-0.3, -0.25) is 0 Å². The van der Waals surface area contributed by atoms with E-state index in [1.54, 1.807) is 0 Å². The third kappa shape index (κ3) is 2.37. The zero-order valence-corrected chi connectivity index (χ0v) is 10.6. The number of hydrogen-bond donors (Lipinski definition) is 0. The molecule has 0 unspecified atom stereocenters. The van der Waals surface area contributed by atoms with Crippen molar-refractivity contribution in [1.29, 1.82) is 5.26 Å². The van der Waals surface area contributed by atoms with Crippen LogP contribution in [0.15, 0.2) is 38.2 Å². The van der Waals surface area contributed by atoms with Gasteiger partial charge in [-0.05, 0) is 39.6 Å². The van der Waals surface area contributed by atoms with Gasteiger partial charge in [0.15, 0.2) is 4.34 Å². The molecule has 0 N–H and O–H groups in total. The molecule has 1 aromatic heterocycles. The van der Waals surface area contributed by atoms with E-state index in [0.29, 0.717) is 5.56 Å². The molecule has 0 saturated carbocycles. The summed E-state index contributed by atoms with van der Waals surface area (Å²) < 4.78 is 5.55. The average Bonchev–Trinajstić information content (AvgIpc) is 2.71. The minimum atomic E-state index is 0.637. The molecule has 6 heteroatoms. The molecular formula is C9H4BrN3S2. The molecule has 2 aromatic rings. The number of hydrogen-bond acceptors (Lipinski definition) is 5. The lowest BCUT2D eigenvalue weighted by molar-refractivity contribution is 1.21. The van der Waals surface area contributed by atoms with Crippen molar-refractivity contribution in [1.82, 2.24) is 9.36 Å². The van der Waals surface area contributed by atoms with Crippen molar-refractivity contribution in [2.24, 2.45) is 0 Å². The standard InChI is InChI=1S/C9H4BrN3S2/c10-7-2-1-3-8(6(7)4-11)14-9-12-5-13-15-9/h1-3,5H. The van der Waals surface area contributed by atoms with Crippen molar-refractivity contribution in [2.75, 3.05) is 0 Å². The van der Waals surface area contributed by atoms with Crippen LogP contribution in [0.2, 0.25) is 0 Å². The highest BCUT2D eigenvalue weighted by atomic mass is 79.9. The van der Waals surface area contributed by atoms with Crippen molar-refractivity contribution in [3.05, 3.63) is 34.6 Å². The van der Waals surface area contributed by atoms with Crippen molar-refractivity contribution in [3.8, 4) is 6.07 Å². The first-order chi connectivity index (χ1) is 7.31. The molecule has 0 fully saturated rings. The number of benzene rings is 1. The Labute approximate surface area is 103 Å². The van der Waals surface area contributed by atoms with Gasteiger partial charge in [0.2, 0.25) is 0 Å². The van der Waals surface area contributed by atoms with E-state index in [0.717, 1.165) is 13.7 Å². The first-order valence-electron chi connectivity index (χ1n) is 3.94. The quantitative estimate of drug-likeness (QED) is 0.853. The van der Waals surface area contributed by atoms with Crippen LogP contribution in [-0.2, 0) is 0 Å². The van der Waals surface area contributed by atoms with Gasteiger partial charge in [-0.25, -0.2) is 4.98 Å². The molecule has 15 heavy (non-hydrogen) atoms. The van der Waals surface area contributed by atoms with Crippen molar-refractivity contribution in [3.63, 3.8) is 0 Å². The maximum Gasteiger partial charge on any atom is 0.174 e. The van der Waals surface area contributed by atoms with Crippen LogP contribution < -0.4 is 0 Å². The van der Waals surface area contributed by atoms with E-state index < -0.39 is 0 Å². The van der Waals surface area contributed by atoms with E-state index in [-0.39, 0.29) is 0 Å². The average molecular weight is 298 g/mol. The van der Waals surface area contributed by atoms with E-state index in [1.807, 2.05) is 18.2 Å². The molecule has 2 rings (SSSR count). The van der Waals surface area contributed by atoms with Crippen molar-refractivity contribution in [2.45, 2.75) is 9.24 Å². The lowest BCUT2D eigenvalue weighted by Crippen LogP contribution is -1.82. The summed E-state index contributed by atoms with van der Waals surface area (Å²) in [5, 5.41) is 9.00. The van der Waals surface area contributed by atoms with Gasteiger partial charge in [0.25, 0.3) is 0 Å². The van der Waals surface area contributed by atoms with Gasteiger partial charge < -0.3 is 0 Å². The Hall–Kier alpha value is -0.900. The molecule has 0 amide bonds. The highest BCUT2D eigenvalue weighted by molar-refractivity contribution is 9.10. The highest BCUT2D eigenvalue weighted by Crippen LogP contribution is 2.33. The topological polar surface area (TPSA) is 49.6 Å². The van der Waals surface area contributed by atoms with E-state index >= 15 is 0 Å². The lowest BCUT2D eigenvalue weighted by Gasteiger charge is -2.01. The Morgan fingerprint density at radius 2 is 2.33 bits per heavy atom. The third-order valence-electron chi connectivity index (χ3n) is 1.63. The van der Waals surface area contributed by atoms with Crippen LogP contribution in [-0.4, -0.2) is 9.36 Å². The third-order valence-corrected chi connectivity index (χ3v) is 4.06. The number of halogens is 1. The molecule has 0 aliphatic heterocycles. The zero-order valence-electron chi connectivity index (χ0n) is 7.35. The number of nitrogens with zero attached hydrogens (tertiary/aromatic N) is 3. The number of aromatic nitrogens is 2. The van der Waals surface area contributed by atoms with Gasteiger partial charge in [-0.1, -0.05) is 17.8 Å². The highest BCUT2D eigenvalue weighted by Gasteiger charge is 2.08. The van der Waals surface area contributed by atoms with Gasteiger partial charge in [-0.2, -0.15) is 9.64 Å². The van der Waals surface area contributed by atoms with Crippen LogP contribution in [0, 0.1) is 11.3 Å². The van der Waals surface area contributed by atoms with E-state index in [4.69, 9.17) is 5.26 Å². The fraction of sp³-hybridized carbons (Fsp3) is 0. The molecule has 0 spiro atoms. The largest absolute Gasteiger partial charge is 0.216 e. The predicted octanol–water partition coefficient (Wildman–Crippen LogP) is 3.32. The fourth-order valence-corrected chi connectivity index (χ4v) is 3.10. The van der Waals surface area contributed by atoms with E-state index in [1.165, 1.54) is 29.6 Å². The van der Waals surface area contributed by atoms with Crippen LogP contribution in [0.4, 0.5) is 0 Å². The Kier molecular flexibility index (Phi) is 3.36. The van der Waals surface area contributed by atoms with Gasteiger partial charge in [0.05, 0.1) is 5.56 Å². The van der Waals surface area contributed by atoms with Crippen LogP contribution in [0.1, 0.15) is 5.56 Å². The molecule has 1 aromatic carbocycles. The van der Waals surface area contributed by atoms with Gasteiger partial charge in [0, 0.05) is 9.37 Å². The second-order valence-corrected chi connectivity index (χ2v) is 5.46. The molecule has 3 nitrogen and oxygen atoms in total. The first-order valence-corrected chi connectivity index (χ1v) is 6.32. The van der Waals surface area contributed by atoms with Gasteiger partial charge >= 0.3 is 0 Å². The molecule has 74 valence electrons.